The average molecular weight is 632 g/mol. The van der Waals surface area contributed by atoms with Gasteiger partial charge >= 0.3 is 0 Å². The molecule has 1 amide bonds. The molecule has 220 valence electrons. The SMILES string of the molecule is CCCCCCCCCCCCCCOc1cc(OC)ccc1NC(=O)c1ccc(C[n+]2ccsc2C)cc1.[Br-]. The molecule has 0 aliphatic rings. The first-order valence-corrected chi connectivity index (χ1v) is 15.6. The minimum absolute atomic E-state index is 0. The Hall–Kier alpha value is -2.38. The molecule has 0 atom stereocenters. The average Bonchev–Trinajstić information content (AvgIpc) is 3.36. The van der Waals surface area contributed by atoms with E-state index in [9.17, 15) is 4.79 Å². The Morgan fingerprint density at radius 2 is 1.50 bits per heavy atom. The number of nitrogens with zero attached hydrogens (tertiary/aromatic N) is 1. The van der Waals surface area contributed by atoms with E-state index in [1.54, 1.807) is 18.4 Å². The number of aromatic nitrogens is 1. The van der Waals surface area contributed by atoms with E-state index in [1.165, 1.54) is 69.2 Å². The van der Waals surface area contributed by atoms with Gasteiger partial charge in [-0.15, -0.1) is 0 Å². The van der Waals surface area contributed by atoms with Gasteiger partial charge < -0.3 is 31.8 Å². The minimum atomic E-state index is -0.152. The van der Waals surface area contributed by atoms with Gasteiger partial charge in [0.15, 0.2) is 12.7 Å². The van der Waals surface area contributed by atoms with E-state index >= 15 is 0 Å². The molecule has 2 aromatic carbocycles. The molecular formula is C33H47BrN2O3S. The van der Waals surface area contributed by atoms with Gasteiger partial charge in [0.2, 0.25) is 5.01 Å². The lowest BCUT2D eigenvalue weighted by Crippen LogP contribution is -3.00. The lowest BCUT2D eigenvalue weighted by atomic mass is 10.1. The maximum atomic E-state index is 13.0. The lowest BCUT2D eigenvalue weighted by Gasteiger charge is -2.14. The predicted molar refractivity (Wildman–Crippen MR) is 162 cm³/mol. The Morgan fingerprint density at radius 1 is 0.875 bits per heavy atom. The van der Waals surface area contributed by atoms with Crippen molar-refractivity contribution in [2.75, 3.05) is 19.0 Å². The van der Waals surface area contributed by atoms with E-state index in [1.807, 2.05) is 42.5 Å². The Bertz CT molecular complexity index is 1120. The maximum Gasteiger partial charge on any atom is 0.255 e. The summed E-state index contributed by atoms with van der Waals surface area (Å²) in [5.41, 5.74) is 2.44. The molecule has 40 heavy (non-hydrogen) atoms. The van der Waals surface area contributed by atoms with Crippen LogP contribution in [0, 0.1) is 6.92 Å². The highest BCUT2D eigenvalue weighted by Crippen LogP contribution is 2.30. The summed E-state index contributed by atoms with van der Waals surface area (Å²) in [5, 5.41) is 6.37. The number of anilines is 1. The molecule has 1 N–H and O–H groups in total. The van der Waals surface area contributed by atoms with Crippen LogP contribution in [0.1, 0.15) is 105 Å². The van der Waals surface area contributed by atoms with E-state index in [2.05, 4.69) is 35.3 Å². The number of unbranched alkanes of at least 4 members (excludes halogenated alkanes) is 11. The topological polar surface area (TPSA) is 51.4 Å². The van der Waals surface area contributed by atoms with Gasteiger partial charge in [-0.2, -0.15) is 4.57 Å². The van der Waals surface area contributed by atoms with E-state index in [4.69, 9.17) is 9.47 Å². The van der Waals surface area contributed by atoms with Crippen LogP contribution in [0.5, 0.6) is 11.5 Å². The molecule has 0 unspecified atom stereocenters. The number of rotatable bonds is 19. The van der Waals surface area contributed by atoms with Gasteiger partial charge in [-0.3, -0.25) is 4.79 Å². The molecule has 3 rings (SSSR count). The van der Waals surface area contributed by atoms with Gasteiger partial charge in [-0.1, -0.05) is 101 Å². The molecule has 0 spiro atoms. The molecule has 0 bridgehead atoms. The molecule has 0 radical (unpaired) electrons. The van der Waals surface area contributed by atoms with Crippen molar-refractivity contribution >= 4 is 22.9 Å². The normalized spacial score (nSPS) is 10.7. The lowest BCUT2D eigenvalue weighted by molar-refractivity contribution is -0.689. The second-order valence-electron chi connectivity index (χ2n) is 10.3. The summed E-state index contributed by atoms with van der Waals surface area (Å²) in [7, 11) is 1.64. The van der Waals surface area contributed by atoms with Gasteiger partial charge in [0.1, 0.15) is 11.5 Å². The molecule has 7 heteroatoms. The molecule has 0 saturated heterocycles. The highest BCUT2D eigenvalue weighted by Gasteiger charge is 2.13. The van der Waals surface area contributed by atoms with Crippen molar-refractivity contribution in [1.82, 2.24) is 0 Å². The zero-order valence-electron chi connectivity index (χ0n) is 24.6. The highest BCUT2D eigenvalue weighted by atomic mass is 79.9. The first kappa shape index (κ1) is 33.8. The van der Waals surface area contributed by atoms with Crippen LogP contribution in [0.4, 0.5) is 5.69 Å². The number of carbonyl (C=O) groups is 1. The molecule has 5 nitrogen and oxygen atoms in total. The summed E-state index contributed by atoms with van der Waals surface area (Å²) in [6.45, 7) is 5.81. The summed E-state index contributed by atoms with van der Waals surface area (Å²) in [6.07, 6.45) is 17.8. The maximum absolute atomic E-state index is 13.0. The number of ether oxygens (including phenoxy) is 2. The van der Waals surface area contributed by atoms with Gasteiger partial charge in [0.05, 0.1) is 24.8 Å². The molecular weight excluding hydrogens is 584 g/mol. The summed E-state index contributed by atoms with van der Waals surface area (Å²) in [6, 6.07) is 13.3. The highest BCUT2D eigenvalue weighted by molar-refractivity contribution is 7.09. The monoisotopic (exact) mass is 630 g/mol. The molecule has 0 aliphatic carbocycles. The van der Waals surface area contributed by atoms with E-state index in [0.717, 1.165) is 24.9 Å². The van der Waals surface area contributed by atoms with E-state index in [-0.39, 0.29) is 22.9 Å². The van der Waals surface area contributed by atoms with E-state index < -0.39 is 0 Å². The Kier molecular flexibility index (Phi) is 16.6. The predicted octanol–water partition coefficient (Wildman–Crippen LogP) is 5.74. The Labute approximate surface area is 256 Å². The second kappa shape index (κ2) is 19.7. The fraction of sp³-hybridized carbons (Fsp3) is 0.515. The number of carbonyl (C=O) groups excluding carboxylic acids is 1. The summed E-state index contributed by atoms with van der Waals surface area (Å²) in [5.74, 6) is 1.20. The first-order chi connectivity index (χ1) is 19.1. The largest absolute Gasteiger partial charge is 1.00 e. The summed E-state index contributed by atoms with van der Waals surface area (Å²) >= 11 is 1.73. The number of hydrogen-bond acceptors (Lipinski definition) is 4. The Morgan fingerprint density at radius 3 is 2.08 bits per heavy atom. The van der Waals surface area contributed by atoms with Gasteiger partial charge in [0.25, 0.3) is 5.91 Å². The molecule has 3 aromatic rings. The number of nitrogens with one attached hydrogen (secondary N) is 1. The van der Waals surface area contributed by atoms with Gasteiger partial charge in [0, 0.05) is 24.1 Å². The van der Waals surface area contributed by atoms with Crippen molar-refractivity contribution < 1.29 is 35.8 Å². The third-order valence-electron chi connectivity index (χ3n) is 7.15. The van der Waals surface area contributed by atoms with Crippen LogP contribution in [-0.2, 0) is 6.54 Å². The summed E-state index contributed by atoms with van der Waals surface area (Å²) < 4.78 is 13.7. The number of hydrogen-bond donors (Lipinski definition) is 1. The minimum Gasteiger partial charge on any atom is -1.00 e. The molecule has 1 heterocycles. The standard InChI is InChI=1S/C33H46N2O3S.BrH/c1-4-5-6-7-8-9-10-11-12-13-14-15-23-38-32-25-30(37-3)20-21-31(32)34-33(36)29-18-16-28(17-19-29)26-35-22-24-39-27(35)2;/h16-22,24-25H,4-15,23,26H2,1-3H3;1H. The smallest absolute Gasteiger partial charge is 0.255 e. The molecule has 0 aliphatic heterocycles. The van der Waals surface area contributed by atoms with Crippen LogP contribution in [0.3, 0.4) is 0 Å². The van der Waals surface area contributed by atoms with Crippen molar-refractivity contribution in [3.63, 3.8) is 0 Å². The molecule has 0 saturated carbocycles. The van der Waals surface area contributed by atoms with Gasteiger partial charge in [-0.05, 0) is 30.7 Å². The quantitative estimate of drug-likeness (QED) is 0.136. The zero-order valence-corrected chi connectivity index (χ0v) is 27.0. The number of methoxy groups -OCH3 is 1. The summed E-state index contributed by atoms with van der Waals surface area (Å²) in [4.78, 5) is 13.0. The Balaban J connectivity index is 0.00000560. The van der Waals surface area contributed by atoms with Crippen LogP contribution in [-0.4, -0.2) is 19.6 Å². The van der Waals surface area contributed by atoms with Crippen LogP contribution in [0.25, 0.3) is 0 Å². The number of thiazole rings is 1. The fourth-order valence-electron chi connectivity index (χ4n) is 4.67. The van der Waals surface area contributed by atoms with Crippen molar-refractivity contribution in [2.24, 2.45) is 0 Å². The number of aryl methyl sites for hydroxylation is 1. The van der Waals surface area contributed by atoms with Crippen molar-refractivity contribution in [1.29, 1.82) is 0 Å². The van der Waals surface area contributed by atoms with Crippen molar-refractivity contribution in [2.45, 2.75) is 97.4 Å². The third-order valence-corrected chi connectivity index (χ3v) is 7.98. The van der Waals surface area contributed by atoms with Crippen LogP contribution in [0.2, 0.25) is 0 Å². The number of benzene rings is 2. The van der Waals surface area contributed by atoms with Crippen LogP contribution in [0.15, 0.2) is 54.0 Å². The van der Waals surface area contributed by atoms with Crippen molar-refractivity contribution in [3.05, 3.63) is 70.2 Å². The third kappa shape index (κ3) is 12.0. The second-order valence-corrected chi connectivity index (χ2v) is 11.4. The number of amides is 1. The van der Waals surface area contributed by atoms with Gasteiger partial charge in [-0.25, -0.2) is 0 Å². The fourth-order valence-corrected chi connectivity index (χ4v) is 5.33. The van der Waals surface area contributed by atoms with Crippen molar-refractivity contribution in [3.8, 4) is 11.5 Å². The van der Waals surface area contributed by atoms with E-state index in [0.29, 0.717) is 29.4 Å². The molecule has 0 fully saturated rings. The van der Waals surface area contributed by atoms with Crippen LogP contribution >= 0.6 is 11.3 Å². The zero-order chi connectivity index (χ0) is 27.7. The molecule has 1 aromatic heterocycles. The number of halogens is 1. The first-order valence-electron chi connectivity index (χ1n) is 14.8. The van der Waals surface area contributed by atoms with Crippen LogP contribution < -0.4 is 36.3 Å².